The molecule has 0 aromatic heterocycles. The second kappa shape index (κ2) is 4.38. The number of aryl methyl sites for hydroxylation is 1. The molecule has 1 saturated carbocycles. The largest absolute Gasteiger partial charge is 0.372 e. The van der Waals surface area contributed by atoms with E-state index in [1.54, 1.807) is 0 Å². The molecule has 0 bridgehead atoms. The van der Waals surface area contributed by atoms with Crippen molar-refractivity contribution in [3.63, 3.8) is 0 Å². The Bertz CT molecular complexity index is 428. The molecule has 1 unspecified atom stereocenters. The number of anilines is 1. The average Bonchev–Trinajstić information content (AvgIpc) is 3.13. The summed E-state index contributed by atoms with van der Waals surface area (Å²) >= 11 is 0. The van der Waals surface area contributed by atoms with Crippen LogP contribution in [0.25, 0.3) is 0 Å². The molecule has 17 heavy (non-hydrogen) atoms. The summed E-state index contributed by atoms with van der Waals surface area (Å²) < 4.78 is 0. The molecule has 0 aliphatic heterocycles. The number of rotatable bonds is 4. The van der Waals surface area contributed by atoms with Gasteiger partial charge in [0.1, 0.15) is 5.54 Å². The fraction of sp³-hybridized carbons (Fsp3) is 0.500. The highest BCUT2D eigenvalue weighted by Gasteiger charge is 2.43. The van der Waals surface area contributed by atoms with E-state index in [-0.39, 0.29) is 0 Å². The summed E-state index contributed by atoms with van der Waals surface area (Å²) in [6, 6.07) is 10.6. The topological polar surface area (TPSA) is 53.0 Å². The first-order valence-electron chi connectivity index (χ1n) is 6.03. The molecule has 3 nitrogen and oxygen atoms in total. The summed E-state index contributed by atoms with van der Waals surface area (Å²) in [6.07, 6.45) is 2.18. The minimum absolute atomic E-state index is 0.375. The number of benzene rings is 1. The lowest BCUT2D eigenvalue weighted by atomic mass is 9.95. The molecule has 1 aromatic rings. The summed E-state index contributed by atoms with van der Waals surface area (Å²) in [5, 5.41) is 9.23. The van der Waals surface area contributed by atoms with E-state index in [2.05, 4.69) is 42.2 Å². The summed E-state index contributed by atoms with van der Waals surface area (Å²) in [7, 11) is 1.99. The van der Waals surface area contributed by atoms with Gasteiger partial charge in [-0.05, 0) is 37.8 Å². The second-order valence-electron chi connectivity index (χ2n) is 5.12. The number of nitriles is 1. The lowest BCUT2D eigenvalue weighted by Gasteiger charge is -2.29. The van der Waals surface area contributed by atoms with Gasteiger partial charge in [-0.3, -0.25) is 0 Å². The lowest BCUT2D eigenvalue weighted by molar-refractivity contribution is 0.476. The van der Waals surface area contributed by atoms with Crippen molar-refractivity contribution in [3.8, 4) is 6.07 Å². The van der Waals surface area contributed by atoms with Crippen LogP contribution in [0.2, 0.25) is 0 Å². The molecule has 2 rings (SSSR count). The summed E-state index contributed by atoms with van der Waals surface area (Å²) in [4.78, 5) is 2.07. The molecule has 0 heterocycles. The third kappa shape index (κ3) is 2.59. The Balaban J connectivity index is 2.08. The van der Waals surface area contributed by atoms with Crippen LogP contribution < -0.4 is 10.6 Å². The molecule has 1 fully saturated rings. The van der Waals surface area contributed by atoms with Crippen LogP contribution in [0.15, 0.2) is 24.3 Å². The SMILES string of the molecule is Cc1ccc(N(C)CC(N)(C#N)C2CC2)cc1. The molecule has 1 aromatic carbocycles. The van der Waals surface area contributed by atoms with Crippen LogP contribution in [0.1, 0.15) is 18.4 Å². The molecule has 0 spiro atoms. The number of hydrogen-bond donors (Lipinski definition) is 1. The Labute approximate surface area is 103 Å². The van der Waals surface area contributed by atoms with Crippen molar-refractivity contribution < 1.29 is 0 Å². The van der Waals surface area contributed by atoms with Crippen LogP contribution in [-0.4, -0.2) is 19.1 Å². The fourth-order valence-corrected chi connectivity index (χ4v) is 2.14. The van der Waals surface area contributed by atoms with Crippen LogP contribution in [0.3, 0.4) is 0 Å². The zero-order valence-electron chi connectivity index (χ0n) is 10.5. The van der Waals surface area contributed by atoms with Gasteiger partial charge in [0.05, 0.1) is 6.07 Å². The van der Waals surface area contributed by atoms with E-state index in [0.717, 1.165) is 18.5 Å². The van der Waals surface area contributed by atoms with Crippen LogP contribution in [-0.2, 0) is 0 Å². The quantitative estimate of drug-likeness (QED) is 0.859. The van der Waals surface area contributed by atoms with Gasteiger partial charge in [0.2, 0.25) is 0 Å². The molecular formula is C14H19N3. The van der Waals surface area contributed by atoms with Crippen molar-refractivity contribution in [2.45, 2.75) is 25.3 Å². The van der Waals surface area contributed by atoms with E-state index in [9.17, 15) is 5.26 Å². The third-order valence-electron chi connectivity index (χ3n) is 3.49. The van der Waals surface area contributed by atoms with Crippen molar-refractivity contribution in [3.05, 3.63) is 29.8 Å². The molecule has 0 radical (unpaired) electrons. The van der Waals surface area contributed by atoms with Gasteiger partial charge >= 0.3 is 0 Å². The third-order valence-corrected chi connectivity index (χ3v) is 3.49. The average molecular weight is 229 g/mol. The number of hydrogen-bond acceptors (Lipinski definition) is 3. The predicted octanol–water partition coefficient (Wildman–Crippen LogP) is 2.06. The first-order chi connectivity index (χ1) is 8.05. The monoisotopic (exact) mass is 229 g/mol. The van der Waals surface area contributed by atoms with Crippen LogP contribution >= 0.6 is 0 Å². The lowest BCUT2D eigenvalue weighted by Crippen LogP contribution is -2.50. The van der Waals surface area contributed by atoms with Crippen LogP contribution in [0.5, 0.6) is 0 Å². The van der Waals surface area contributed by atoms with Gasteiger partial charge in [0, 0.05) is 19.3 Å². The minimum atomic E-state index is -0.695. The maximum Gasteiger partial charge on any atom is 0.124 e. The van der Waals surface area contributed by atoms with Crippen molar-refractivity contribution in [1.29, 1.82) is 5.26 Å². The van der Waals surface area contributed by atoms with Gasteiger partial charge in [-0.25, -0.2) is 0 Å². The Morgan fingerprint density at radius 1 is 1.41 bits per heavy atom. The van der Waals surface area contributed by atoms with Crippen molar-refractivity contribution in [1.82, 2.24) is 0 Å². The highest BCUT2D eigenvalue weighted by molar-refractivity contribution is 5.47. The van der Waals surface area contributed by atoms with E-state index in [4.69, 9.17) is 5.73 Å². The first-order valence-corrected chi connectivity index (χ1v) is 6.03. The van der Waals surface area contributed by atoms with Crippen molar-refractivity contribution >= 4 is 5.69 Å². The number of nitrogens with zero attached hydrogens (tertiary/aromatic N) is 2. The Kier molecular flexibility index (Phi) is 3.08. The standard InChI is InChI=1S/C14H19N3/c1-11-3-7-13(8-4-11)17(2)10-14(16,9-15)12-5-6-12/h3-4,7-8,12H,5-6,10,16H2,1-2H3. The molecule has 0 saturated heterocycles. The van der Waals surface area contributed by atoms with Gasteiger partial charge in [0.15, 0.2) is 0 Å². The molecule has 1 atom stereocenters. The van der Waals surface area contributed by atoms with Crippen LogP contribution in [0.4, 0.5) is 5.69 Å². The van der Waals surface area contributed by atoms with Gasteiger partial charge < -0.3 is 10.6 Å². The summed E-state index contributed by atoms with van der Waals surface area (Å²) in [6.45, 7) is 2.66. The van der Waals surface area contributed by atoms with Crippen molar-refractivity contribution in [2.24, 2.45) is 11.7 Å². The Morgan fingerprint density at radius 3 is 2.47 bits per heavy atom. The van der Waals surface area contributed by atoms with Gasteiger partial charge in [0.25, 0.3) is 0 Å². The zero-order chi connectivity index (χ0) is 12.5. The molecule has 3 heteroatoms. The smallest absolute Gasteiger partial charge is 0.124 e. The molecule has 1 aliphatic carbocycles. The molecule has 1 aliphatic rings. The van der Waals surface area contributed by atoms with Gasteiger partial charge in [-0.2, -0.15) is 5.26 Å². The van der Waals surface area contributed by atoms with E-state index >= 15 is 0 Å². The molecule has 90 valence electrons. The molecule has 0 amide bonds. The molecular weight excluding hydrogens is 210 g/mol. The van der Waals surface area contributed by atoms with Gasteiger partial charge in [-0.1, -0.05) is 17.7 Å². The van der Waals surface area contributed by atoms with E-state index in [1.165, 1.54) is 5.56 Å². The number of nitrogens with two attached hydrogens (primary N) is 1. The summed E-state index contributed by atoms with van der Waals surface area (Å²) in [5.74, 6) is 0.375. The van der Waals surface area contributed by atoms with E-state index < -0.39 is 5.54 Å². The predicted molar refractivity (Wildman–Crippen MR) is 69.7 cm³/mol. The number of likely N-dealkylation sites (N-methyl/N-ethyl adjacent to an activating group) is 1. The Morgan fingerprint density at radius 2 is 2.00 bits per heavy atom. The zero-order valence-corrected chi connectivity index (χ0v) is 10.5. The minimum Gasteiger partial charge on any atom is -0.372 e. The molecule has 2 N–H and O–H groups in total. The second-order valence-corrected chi connectivity index (χ2v) is 5.12. The van der Waals surface area contributed by atoms with Crippen LogP contribution in [0, 0.1) is 24.2 Å². The van der Waals surface area contributed by atoms with Gasteiger partial charge in [-0.15, -0.1) is 0 Å². The van der Waals surface area contributed by atoms with Crippen molar-refractivity contribution in [2.75, 3.05) is 18.5 Å². The Hall–Kier alpha value is -1.53. The maximum absolute atomic E-state index is 9.23. The maximum atomic E-state index is 9.23. The van der Waals surface area contributed by atoms with E-state index in [1.807, 2.05) is 7.05 Å². The first kappa shape index (κ1) is 11.9. The van der Waals surface area contributed by atoms with E-state index in [0.29, 0.717) is 12.5 Å². The summed E-state index contributed by atoms with van der Waals surface area (Å²) in [5.41, 5.74) is 7.82. The highest BCUT2D eigenvalue weighted by Crippen LogP contribution is 2.38. The fourth-order valence-electron chi connectivity index (χ4n) is 2.14. The normalized spacial score (nSPS) is 18.2. The highest BCUT2D eigenvalue weighted by atomic mass is 15.1.